The molecule has 1 aromatic heterocycles. The number of imidazole rings is 1. The molecule has 26 heavy (non-hydrogen) atoms. The first-order valence-electron chi connectivity index (χ1n) is 9.59. The second-order valence-corrected chi connectivity index (χ2v) is 6.88. The van der Waals surface area contributed by atoms with Crippen molar-refractivity contribution in [2.24, 2.45) is 5.73 Å². The van der Waals surface area contributed by atoms with E-state index in [1.807, 2.05) is 18.2 Å². The molecule has 1 atom stereocenters. The van der Waals surface area contributed by atoms with E-state index in [1.54, 1.807) is 0 Å². The van der Waals surface area contributed by atoms with Gasteiger partial charge in [-0.2, -0.15) is 0 Å². The van der Waals surface area contributed by atoms with Gasteiger partial charge in [0.2, 0.25) is 0 Å². The third kappa shape index (κ3) is 4.44. The van der Waals surface area contributed by atoms with E-state index in [1.165, 1.54) is 11.1 Å². The first-order valence-corrected chi connectivity index (χ1v) is 9.59. The minimum Gasteiger partial charge on any atom is -0.494 e. The fourth-order valence-corrected chi connectivity index (χ4v) is 3.32. The second kappa shape index (κ2) is 8.86. The van der Waals surface area contributed by atoms with Gasteiger partial charge in [0.25, 0.3) is 0 Å². The molecule has 0 saturated carbocycles. The maximum atomic E-state index is 6.38. The highest BCUT2D eigenvalue weighted by atomic mass is 16.5. The van der Waals surface area contributed by atoms with Crippen molar-refractivity contribution in [3.63, 3.8) is 0 Å². The highest BCUT2D eigenvalue weighted by Crippen LogP contribution is 2.23. The summed E-state index contributed by atoms with van der Waals surface area (Å²) in [6.07, 6.45) is 4.06. The van der Waals surface area contributed by atoms with Crippen LogP contribution in [0, 0.1) is 6.92 Å². The topological polar surface area (TPSA) is 53.1 Å². The Kier molecular flexibility index (Phi) is 6.29. The van der Waals surface area contributed by atoms with Crippen LogP contribution in [0.2, 0.25) is 0 Å². The number of ether oxygens (including phenoxy) is 1. The first-order chi connectivity index (χ1) is 12.7. The molecule has 2 N–H and O–H groups in total. The van der Waals surface area contributed by atoms with E-state index in [9.17, 15) is 0 Å². The van der Waals surface area contributed by atoms with E-state index in [0.717, 1.165) is 55.9 Å². The monoisotopic (exact) mass is 351 g/mol. The van der Waals surface area contributed by atoms with Crippen molar-refractivity contribution in [2.75, 3.05) is 6.61 Å². The van der Waals surface area contributed by atoms with Gasteiger partial charge >= 0.3 is 0 Å². The van der Waals surface area contributed by atoms with Crippen molar-refractivity contribution in [2.45, 2.75) is 52.1 Å². The van der Waals surface area contributed by atoms with Gasteiger partial charge in [-0.05, 0) is 56.0 Å². The Morgan fingerprint density at radius 1 is 1.12 bits per heavy atom. The lowest BCUT2D eigenvalue weighted by atomic mass is 10.1. The number of aryl methyl sites for hydroxylation is 2. The van der Waals surface area contributed by atoms with Gasteiger partial charge in [-0.1, -0.05) is 37.6 Å². The van der Waals surface area contributed by atoms with Crippen LogP contribution in [0.3, 0.4) is 0 Å². The molecule has 4 heteroatoms. The van der Waals surface area contributed by atoms with Crippen molar-refractivity contribution in [1.82, 2.24) is 9.55 Å². The molecule has 2 aromatic carbocycles. The largest absolute Gasteiger partial charge is 0.494 e. The Morgan fingerprint density at radius 3 is 2.77 bits per heavy atom. The number of hydrogen-bond donors (Lipinski definition) is 1. The van der Waals surface area contributed by atoms with E-state index in [0.29, 0.717) is 0 Å². The fraction of sp³-hybridized carbons (Fsp3) is 0.409. The number of fused-ring (bicyclic) bond motifs is 1. The zero-order chi connectivity index (χ0) is 18.4. The lowest BCUT2D eigenvalue weighted by Crippen LogP contribution is -2.17. The van der Waals surface area contributed by atoms with Crippen molar-refractivity contribution in [1.29, 1.82) is 0 Å². The van der Waals surface area contributed by atoms with Gasteiger partial charge < -0.3 is 15.0 Å². The maximum Gasteiger partial charge on any atom is 0.126 e. The van der Waals surface area contributed by atoms with Crippen molar-refractivity contribution in [3.05, 3.63) is 59.9 Å². The zero-order valence-corrected chi connectivity index (χ0v) is 15.8. The number of unbranched alkanes of at least 4 members (excludes halogenated alkanes) is 1. The molecular formula is C22H29N3O. The molecule has 0 spiro atoms. The van der Waals surface area contributed by atoms with Crippen LogP contribution in [0.15, 0.2) is 48.5 Å². The lowest BCUT2D eigenvalue weighted by molar-refractivity contribution is 0.302. The highest BCUT2D eigenvalue weighted by molar-refractivity contribution is 5.76. The standard InChI is InChI=1S/C22H29N3O/c1-3-9-19(23)22-24-20-12-4-5-13-21(20)25(22)14-6-7-15-26-18-11-8-10-17(2)16-18/h4-5,8,10-13,16,19H,3,6-7,9,14-15,23H2,1-2H3. The Morgan fingerprint density at radius 2 is 1.96 bits per heavy atom. The predicted octanol–water partition coefficient (Wildman–Crippen LogP) is 5.00. The van der Waals surface area contributed by atoms with E-state index in [4.69, 9.17) is 15.5 Å². The average Bonchev–Trinajstić information content (AvgIpc) is 3.01. The third-order valence-corrected chi connectivity index (χ3v) is 4.65. The van der Waals surface area contributed by atoms with Crippen LogP contribution < -0.4 is 10.5 Å². The van der Waals surface area contributed by atoms with Gasteiger partial charge in [0.05, 0.1) is 23.7 Å². The van der Waals surface area contributed by atoms with Crippen LogP contribution in [-0.2, 0) is 6.54 Å². The van der Waals surface area contributed by atoms with Crippen molar-refractivity contribution in [3.8, 4) is 5.75 Å². The van der Waals surface area contributed by atoms with Crippen LogP contribution in [0.5, 0.6) is 5.75 Å². The second-order valence-electron chi connectivity index (χ2n) is 6.88. The molecule has 0 aliphatic heterocycles. The molecule has 0 saturated heterocycles. The predicted molar refractivity (Wildman–Crippen MR) is 107 cm³/mol. The summed E-state index contributed by atoms with van der Waals surface area (Å²) in [4.78, 5) is 4.79. The Hall–Kier alpha value is -2.33. The van der Waals surface area contributed by atoms with Crippen LogP contribution in [0.25, 0.3) is 11.0 Å². The normalized spacial score (nSPS) is 12.4. The van der Waals surface area contributed by atoms with Gasteiger partial charge in [-0.15, -0.1) is 0 Å². The van der Waals surface area contributed by atoms with Gasteiger partial charge in [0.15, 0.2) is 0 Å². The number of benzene rings is 2. The quantitative estimate of drug-likeness (QED) is 0.552. The summed E-state index contributed by atoms with van der Waals surface area (Å²) in [6, 6.07) is 16.5. The number of rotatable bonds is 9. The van der Waals surface area contributed by atoms with Gasteiger partial charge in [-0.25, -0.2) is 4.98 Å². The smallest absolute Gasteiger partial charge is 0.126 e. The number of hydrogen-bond acceptors (Lipinski definition) is 3. The summed E-state index contributed by atoms with van der Waals surface area (Å²) in [5, 5.41) is 0. The molecular weight excluding hydrogens is 322 g/mol. The number of nitrogens with two attached hydrogens (primary N) is 1. The molecule has 0 radical (unpaired) electrons. The minimum absolute atomic E-state index is 0.00376. The zero-order valence-electron chi connectivity index (χ0n) is 15.8. The summed E-state index contributed by atoms with van der Waals surface area (Å²) in [7, 11) is 0. The molecule has 138 valence electrons. The Bertz CT molecular complexity index is 840. The number of para-hydroxylation sites is 2. The summed E-state index contributed by atoms with van der Waals surface area (Å²) in [5.41, 5.74) is 9.81. The SMILES string of the molecule is CCCC(N)c1nc2ccccc2n1CCCCOc1cccc(C)c1. The van der Waals surface area contributed by atoms with E-state index < -0.39 is 0 Å². The summed E-state index contributed by atoms with van der Waals surface area (Å²) in [6.45, 7) is 5.89. The minimum atomic E-state index is -0.00376. The van der Waals surface area contributed by atoms with E-state index >= 15 is 0 Å². The molecule has 1 unspecified atom stereocenters. The van der Waals surface area contributed by atoms with Crippen LogP contribution in [-0.4, -0.2) is 16.2 Å². The molecule has 1 heterocycles. The van der Waals surface area contributed by atoms with Gasteiger partial charge in [-0.3, -0.25) is 0 Å². The molecule has 0 aliphatic carbocycles. The summed E-state index contributed by atoms with van der Waals surface area (Å²) >= 11 is 0. The van der Waals surface area contributed by atoms with Crippen molar-refractivity contribution < 1.29 is 4.74 Å². The fourth-order valence-electron chi connectivity index (χ4n) is 3.32. The van der Waals surface area contributed by atoms with Crippen LogP contribution in [0.4, 0.5) is 0 Å². The van der Waals surface area contributed by atoms with Crippen LogP contribution in [0.1, 0.15) is 50.0 Å². The Labute approximate surface area is 156 Å². The molecule has 3 aromatic rings. The van der Waals surface area contributed by atoms with Gasteiger partial charge in [0, 0.05) is 6.54 Å². The summed E-state index contributed by atoms with van der Waals surface area (Å²) < 4.78 is 8.15. The van der Waals surface area contributed by atoms with Gasteiger partial charge in [0.1, 0.15) is 11.6 Å². The van der Waals surface area contributed by atoms with Crippen molar-refractivity contribution >= 4 is 11.0 Å². The third-order valence-electron chi connectivity index (χ3n) is 4.65. The van der Waals surface area contributed by atoms with E-state index in [-0.39, 0.29) is 6.04 Å². The Balaban J connectivity index is 1.61. The van der Waals surface area contributed by atoms with Crippen LogP contribution >= 0.6 is 0 Å². The lowest BCUT2D eigenvalue weighted by Gasteiger charge is -2.14. The molecule has 3 rings (SSSR count). The van der Waals surface area contributed by atoms with E-state index in [2.05, 4.69) is 48.7 Å². The number of aromatic nitrogens is 2. The molecule has 0 bridgehead atoms. The molecule has 4 nitrogen and oxygen atoms in total. The average molecular weight is 351 g/mol. The summed E-state index contributed by atoms with van der Waals surface area (Å²) in [5.74, 6) is 1.95. The highest BCUT2D eigenvalue weighted by Gasteiger charge is 2.16. The molecule has 0 aliphatic rings. The molecule has 0 fully saturated rings. The number of nitrogens with zero attached hydrogens (tertiary/aromatic N) is 2. The maximum absolute atomic E-state index is 6.38. The first kappa shape index (κ1) is 18.5. The molecule has 0 amide bonds.